The lowest BCUT2D eigenvalue weighted by atomic mass is 10.0. The van der Waals surface area contributed by atoms with Crippen LogP contribution in [0.25, 0.3) is 0 Å². The number of hydrogen-bond donors (Lipinski definition) is 1. The van der Waals surface area contributed by atoms with Crippen LogP contribution >= 0.6 is 0 Å². The van der Waals surface area contributed by atoms with E-state index in [2.05, 4.69) is 11.4 Å². The highest BCUT2D eigenvalue weighted by atomic mass is 16.5. The van der Waals surface area contributed by atoms with Gasteiger partial charge in [-0.3, -0.25) is 9.59 Å². The number of fused-ring (bicyclic) bond motifs is 1. The summed E-state index contributed by atoms with van der Waals surface area (Å²) < 4.78 is 16.5. The Kier molecular flexibility index (Phi) is 6.83. The van der Waals surface area contributed by atoms with Gasteiger partial charge in [0.1, 0.15) is 23.9 Å². The molecule has 0 bridgehead atoms. The lowest BCUT2D eigenvalue weighted by Gasteiger charge is -2.19. The monoisotopic (exact) mass is 438 g/mol. The van der Waals surface area contributed by atoms with Gasteiger partial charge in [0.2, 0.25) is 11.8 Å². The van der Waals surface area contributed by atoms with Gasteiger partial charge in [0.15, 0.2) is 0 Å². The summed E-state index contributed by atoms with van der Waals surface area (Å²) in [7, 11) is 3.21. The van der Waals surface area contributed by atoms with Crippen LogP contribution in [0.4, 0.5) is 0 Å². The molecule has 32 heavy (non-hydrogen) atoms. The molecule has 0 spiro atoms. The highest BCUT2D eigenvalue weighted by molar-refractivity contribution is 5.81. The number of nitrogens with one attached hydrogen (secondary N) is 1. The molecule has 1 N–H and O–H groups in total. The highest BCUT2D eigenvalue weighted by Gasteiger charge is 2.34. The first kappa shape index (κ1) is 22.0. The molecule has 2 aromatic rings. The Morgan fingerprint density at radius 2 is 1.97 bits per heavy atom. The zero-order chi connectivity index (χ0) is 22.5. The van der Waals surface area contributed by atoms with Gasteiger partial charge in [0.25, 0.3) is 0 Å². The van der Waals surface area contributed by atoms with E-state index in [9.17, 15) is 9.59 Å². The standard InChI is InChI=1S/C25H30N2O5/c1-30-21-7-9-22(31-2)19(14-21)15-26-24(28)10-4-17-3-8-23-20(13-17)16-27(11-12-32-23)25(29)18-5-6-18/h3,7-9,13-14,18H,4-6,10-12,15-16H2,1-2H3,(H,26,28). The molecule has 1 saturated carbocycles. The molecule has 2 amide bonds. The average Bonchev–Trinajstić information content (AvgIpc) is 3.67. The maximum absolute atomic E-state index is 12.5. The Labute approximate surface area is 188 Å². The fourth-order valence-corrected chi connectivity index (χ4v) is 3.94. The molecule has 7 nitrogen and oxygen atoms in total. The number of carbonyl (C=O) groups is 2. The van der Waals surface area contributed by atoms with Crippen LogP contribution in [-0.2, 0) is 29.1 Å². The van der Waals surface area contributed by atoms with Gasteiger partial charge >= 0.3 is 0 Å². The Balaban J connectivity index is 1.33. The maximum Gasteiger partial charge on any atom is 0.226 e. The quantitative estimate of drug-likeness (QED) is 0.685. The fraction of sp³-hybridized carbons (Fsp3) is 0.440. The number of hydrogen-bond acceptors (Lipinski definition) is 5. The van der Waals surface area contributed by atoms with Crippen LogP contribution in [0.5, 0.6) is 17.2 Å². The van der Waals surface area contributed by atoms with Crippen molar-refractivity contribution in [3.63, 3.8) is 0 Å². The van der Waals surface area contributed by atoms with Gasteiger partial charge in [0.05, 0.1) is 20.8 Å². The van der Waals surface area contributed by atoms with E-state index in [0.29, 0.717) is 44.8 Å². The summed E-state index contributed by atoms with van der Waals surface area (Å²) in [5.41, 5.74) is 2.93. The Bertz CT molecular complexity index is 986. The molecule has 0 atom stereocenters. The minimum absolute atomic E-state index is 0.0356. The first-order chi connectivity index (χ1) is 15.6. The van der Waals surface area contributed by atoms with Gasteiger partial charge in [0, 0.05) is 36.6 Å². The first-order valence-corrected chi connectivity index (χ1v) is 11.1. The Hall–Kier alpha value is -3.22. The largest absolute Gasteiger partial charge is 0.497 e. The summed E-state index contributed by atoms with van der Waals surface area (Å²) in [6, 6.07) is 11.5. The van der Waals surface area contributed by atoms with Gasteiger partial charge in [-0.25, -0.2) is 0 Å². The number of ether oxygens (including phenoxy) is 3. The van der Waals surface area contributed by atoms with Crippen molar-refractivity contribution in [2.75, 3.05) is 27.4 Å². The molecule has 1 aliphatic heterocycles. The summed E-state index contributed by atoms with van der Waals surface area (Å²) in [6.45, 7) is 2.08. The van der Waals surface area contributed by atoms with E-state index in [1.807, 2.05) is 35.2 Å². The number of benzene rings is 2. The third kappa shape index (κ3) is 5.33. The van der Waals surface area contributed by atoms with E-state index in [-0.39, 0.29) is 17.7 Å². The van der Waals surface area contributed by atoms with Crippen LogP contribution in [0, 0.1) is 5.92 Å². The highest BCUT2D eigenvalue weighted by Crippen LogP contribution is 2.33. The van der Waals surface area contributed by atoms with E-state index in [4.69, 9.17) is 14.2 Å². The number of methoxy groups -OCH3 is 2. The lowest BCUT2D eigenvalue weighted by molar-refractivity contribution is -0.133. The van der Waals surface area contributed by atoms with Crippen molar-refractivity contribution in [3.8, 4) is 17.2 Å². The average molecular weight is 439 g/mol. The molecule has 0 unspecified atom stereocenters. The number of rotatable bonds is 8. The molecular formula is C25H30N2O5. The Morgan fingerprint density at radius 1 is 1.12 bits per heavy atom. The van der Waals surface area contributed by atoms with Gasteiger partial charge < -0.3 is 24.4 Å². The van der Waals surface area contributed by atoms with Crippen molar-refractivity contribution in [1.82, 2.24) is 10.2 Å². The van der Waals surface area contributed by atoms with Gasteiger partial charge in [-0.15, -0.1) is 0 Å². The topological polar surface area (TPSA) is 77.1 Å². The van der Waals surface area contributed by atoms with E-state index in [0.717, 1.165) is 41.0 Å². The van der Waals surface area contributed by atoms with E-state index in [1.54, 1.807) is 14.2 Å². The van der Waals surface area contributed by atoms with Crippen LogP contribution < -0.4 is 19.5 Å². The predicted octanol–water partition coefficient (Wildman–Crippen LogP) is 3.08. The molecule has 0 saturated heterocycles. The van der Waals surface area contributed by atoms with Crippen molar-refractivity contribution >= 4 is 11.8 Å². The normalized spacial score (nSPS) is 15.2. The molecule has 0 radical (unpaired) electrons. The predicted molar refractivity (Wildman–Crippen MR) is 120 cm³/mol. The van der Waals surface area contributed by atoms with Crippen LogP contribution in [0.3, 0.4) is 0 Å². The molecule has 2 aliphatic rings. The molecule has 7 heteroatoms. The summed E-state index contributed by atoms with van der Waals surface area (Å²) in [5.74, 6) is 2.66. The van der Waals surface area contributed by atoms with Crippen LogP contribution in [0.15, 0.2) is 36.4 Å². The molecule has 1 heterocycles. The summed E-state index contributed by atoms with van der Waals surface area (Å²) >= 11 is 0. The lowest BCUT2D eigenvalue weighted by Crippen LogP contribution is -2.33. The van der Waals surface area contributed by atoms with E-state index < -0.39 is 0 Å². The van der Waals surface area contributed by atoms with Crippen LogP contribution in [0.2, 0.25) is 0 Å². The number of nitrogens with zero attached hydrogens (tertiary/aromatic N) is 1. The van der Waals surface area contributed by atoms with E-state index >= 15 is 0 Å². The molecule has 4 rings (SSSR count). The van der Waals surface area contributed by atoms with Gasteiger partial charge in [-0.05, 0) is 49.1 Å². The van der Waals surface area contributed by atoms with Crippen molar-refractivity contribution < 1.29 is 23.8 Å². The molecule has 2 aromatic carbocycles. The van der Waals surface area contributed by atoms with Crippen molar-refractivity contribution in [2.24, 2.45) is 5.92 Å². The summed E-state index contributed by atoms with van der Waals surface area (Å²) in [5, 5.41) is 2.96. The van der Waals surface area contributed by atoms with Crippen molar-refractivity contribution in [2.45, 2.75) is 38.8 Å². The van der Waals surface area contributed by atoms with Crippen LogP contribution in [0.1, 0.15) is 36.0 Å². The van der Waals surface area contributed by atoms with E-state index in [1.165, 1.54) is 0 Å². The Morgan fingerprint density at radius 3 is 2.72 bits per heavy atom. The molecular weight excluding hydrogens is 408 g/mol. The number of aryl methyl sites for hydroxylation is 1. The second kappa shape index (κ2) is 9.94. The molecule has 1 aliphatic carbocycles. The van der Waals surface area contributed by atoms with Crippen molar-refractivity contribution in [1.29, 1.82) is 0 Å². The summed E-state index contributed by atoms with van der Waals surface area (Å²) in [6.07, 6.45) is 2.99. The minimum atomic E-state index is -0.0356. The zero-order valence-electron chi connectivity index (χ0n) is 18.7. The molecule has 1 fully saturated rings. The second-order valence-corrected chi connectivity index (χ2v) is 8.28. The SMILES string of the molecule is COc1ccc(OC)c(CNC(=O)CCc2ccc3c(c2)CN(C(=O)C2CC2)CCO3)c1. The summed E-state index contributed by atoms with van der Waals surface area (Å²) in [4.78, 5) is 26.9. The first-order valence-electron chi connectivity index (χ1n) is 11.1. The second-order valence-electron chi connectivity index (χ2n) is 8.28. The van der Waals surface area contributed by atoms with Crippen LogP contribution in [-0.4, -0.2) is 44.1 Å². The number of amides is 2. The smallest absolute Gasteiger partial charge is 0.226 e. The van der Waals surface area contributed by atoms with Gasteiger partial charge in [-0.2, -0.15) is 0 Å². The van der Waals surface area contributed by atoms with Crippen molar-refractivity contribution in [3.05, 3.63) is 53.1 Å². The third-order valence-corrected chi connectivity index (χ3v) is 5.95. The zero-order valence-corrected chi connectivity index (χ0v) is 18.7. The molecule has 0 aromatic heterocycles. The van der Waals surface area contributed by atoms with Gasteiger partial charge in [-0.1, -0.05) is 12.1 Å². The minimum Gasteiger partial charge on any atom is -0.497 e. The maximum atomic E-state index is 12.5. The number of carbonyl (C=O) groups excluding carboxylic acids is 2. The third-order valence-electron chi connectivity index (χ3n) is 5.95. The fourth-order valence-electron chi connectivity index (χ4n) is 3.94. The molecule has 170 valence electrons.